The van der Waals surface area contributed by atoms with Gasteiger partial charge in [0.05, 0.1) is 44.1 Å². The minimum absolute atomic E-state index is 0. The van der Waals surface area contributed by atoms with E-state index in [0.717, 1.165) is 57.2 Å². The third-order valence-electron chi connectivity index (χ3n) is 10.6. The Balaban J connectivity index is 0.000000574. The molecule has 2 atom stereocenters. The number of amides is 3. The standard InChI is InChI=1S/C26H42N2O6.C13H26N2O2.C12H14Cl2O4.CH4/c1-18(2)28(20-11-9-12-27(17-20)25(30)34-26(4,5)6)24(29)21-16-23(33-14-10-13-31-7)22(32-8)15-19(21)3;1-10(2)14-11-7-6-8-15(9-11)12(16)17-13(3,4)5;1-16-4-3-5-18-11-6-8(12(14)15)9(13)7-10(11)17-2;/h15-16,18,20H,9-14,17H2,1-8H3;10-11,14H,6-9H2,1-5H3;6-7H,3-5H2,1-2H3;1H4/t20-;11-;;/m11../s1. The van der Waals surface area contributed by atoms with Crippen LogP contribution in [0.1, 0.15) is 141 Å². The van der Waals surface area contributed by atoms with Crippen LogP contribution >= 0.6 is 23.2 Å². The van der Waals surface area contributed by atoms with Gasteiger partial charge in [-0.2, -0.15) is 0 Å². The van der Waals surface area contributed by atoms with E-state index in [1.54, 1.807) is 32.3 Å². The molecule has 2 aromatic rings. The van der Waals surface area contributed by atoms with Gasteiger partial charge in [0.25, 0.3) is 11.1 Å². The average Bonchev–Trinajstić information content (AvgIpc) is 3.26. The Morgan fingerprint density at radius 2 is 1.17 bits per heavy atom. The van der Waals surface area contributed by atoms with Gasteiger partial charge >= 0.3 is 12.2 Å². The van der Waals surface area contributed by atoms with E-state index in [1.807, 2.05) is 78.2 Å². The number of nitrogens with zero attached hydrogens (tertiary/aromatic N) is 3. The van der Waals surface area contributed by atoms with E-state index in [1.165, 1.54) is 19.2 Å². The highest BCUT2D eigenvalue weighted by molar-refractivity contribution is 6.68. The fraction of sp³-hybridized carbons (Fsp3) is 0.692. The van der Waals surface area contributed by atoms with E-state index in [2.05, 4.69) is 19.2 Å². The highest BCUT2D eigenvalue weighted by atomic mass is 35.5. The predicted molar refractivity (Wildman–Crippen MR) is 278 cm³/mol. The van der Waals surface area contributed by atoms with Crippen molar-refractivity contribution in [3.8, 4) is 23.0 Å². The molecule has 2 aliphatic rings. The van der Waals surface area contributed by atoms with Crippen molar-refractivity contribution in [1.29, 1.82) is 0 Å². The van der Waals surface area contributed by atoms with Crippen LogP contribution in [0.3, 0.4) is 0 Å². The van der Waals surface area contributed by atoms with Gasteiger partial charge < -0.3 is 57.9 Å². The van der Waals surface area contributed by atoms with Crippen molar-refractivity contribution in [1.82, 2.24) is 20.0 Å². The second-order valence-corrected chi connectivity index (χ2v) is 20.3. The molecular weight excluding hydrogens is 943 g/mol. The molecule has 2 fully saturated rings. The minimum atomic E-state index is -0.635. The summed E-state index contributed by atoms with van der Waals surface area (Å²) in [7, 11) is 6.36. The van der Waals surface area contributed by atoms with Crippen LogP contribution in [0.15, 0.2) is 24.3 Å². The highest BCUT2D eigenvalue weighted by Gasteiger charge is 2.35. The number of aryl methyl sites for hydroxylation is 1. The van der Waals surface area contributed by atoms with Crippen molar-refractivity contribution in [3.05, 3.63) is 46.0 Å². The molecule has 0 saturated carbocycles. The lowest BCUT2D eigenvalue weighted by Gasteiger charge is -2.41. The molecule has 4 rings (SSSR count). The fourth-order valence-corrected chi connectivity index (χ4v) is 8.05. The molecule has 3 amide bonds. The third-order valence-corrected chi connectivity index (χ3v) is 11.1. The monoisotopic (exact) mass is 1030 g/mol. The van der Waals surface area contributed by atoms with Gasteiger partial charge in [0.1, 0.15) is 11.2 Å². The number of methoxy groups -OCH3 is 4. The van der Waals surface area contributed by atoms with Gasteiger partial charge in [0.15, 0.2) is 23.0 Å². The topological polar surface area (TPSA) is 164 Å². The van der Waals surface area contributed by atoms with Gasteiger partial charge in [-0.15, -0.1) is 0 Å². The summed E-state index contributed by atoms with van der Waals surface area (Å²) in [5.41, 5.74) is 0.621. The summed E-state index contributed by atoms with van der Waals surface area (Å²) in [6.07, 6.45) is 4.77. The Bertz CT molecular complexity index is 1920. The van der Waals surface area contributed by atoms with Crippen LogP contribution in [0.2, 0.25) is 5.02 Å². The molecule has 0 aliphatic carbocycles. The van der Waals surface area contributed by atoms with Crippen molar-refractivity contribution in [3.63, 3.8) is 0 Å². The highest BCUT2D eigenvalue weighted by Crippen LogP contribution is 2.35. The summed E-state index contributed by atoms with van der Waals surface area (Å²) in [5, 5.41) is 3.08. The first kappa shape index (κ1) is 63.8. The Labute approximate surface area is 429 Å². The Hall–Kier alpha value is -4.22. The van der Waals surface area contributed by atoms with Crippen LogP contribution in [-0.2, 0) is 18.9 Å². The molecule has 70 heavy (non-hydrogen) atoms. The van der Waals surface area contributed by atoms with Crippen LogP contribution in [0.25, 0.3) is 0 Å². The summed E-state index contributed by atoms with van der Waals surface area (Å²) in [5.74, 6) is 1.95. The van der Waals surface area contributed by atoms with Gasteiger partial charge in [0, 0.05) is 96.2 Å². The first-order valence-electron chi connectivity index (χ1n) is 23.9. The zero-order valence-electron chi connectivity index (χ0n) is 44.0. The van der Waals surface area contributed by atoms with Crippen molar-refractivity contribution in [2.45, 2.75) is 157 Å². The second kappa shape index (κ2) is 31.3. The van der Waals surface area contributed by atoms with Gasteiger partial charge in [-0.3, -0.25) is 9.59 Å². The number of hydrogen-bond donors (Lipinski definition) is 1. The number of hydrogen-bond acceptors (Lipinski definition) is 13. The van der Waals surface area contributed by atoms with Gasteiger partial charge in [-0.25, -0.2) is 9.59 Å². The number of carbonyl (C=O) groups excluding carboxylic acids is 4. The number of halogens is 2. The average molecular weight is 1030 g/mol. The van der Waals surface area contributed by atoms with Gasteiger partial charge in [0.2, 0.25) is 0 Å². The number of carbonyl (C=O) groups is 4. The van der Waals surface area contributed by atoms with Crippen molar-refractivity contribution in [2.75, 3.05) is 81.0 Å². The van der Waals surface area contributed by atoms with Crippen LogP contribution in [0.4, 0.5) is 9.59 Å². The number of nitrogens with one attached hydrogen (secondary N) is 1. The maximum Gasteiger partial charge on any atom is 0.410 e. The normalized spacial score (nSPS) is 15.9. The Kier molecular flexibility index (Phi) is 28.5. The molecule has 1 N–H and O–H groups in total. The number of benzene rings is 2. The second-order valence-electron chi connectivity index (χ2n) is 19.6. The summed E-state index contributed by atoms with van der Waals surface area (Å²) < 4.78 is 43.0. The van der Waals surface area contributed by atoms with Crippen LogP contribution in [0.5, 0.6) is 23.0 Å². The molecule has 0 aromatic heterocycles. The van der Waals surface area contributed by atoms with E-state index < -0.39 is 16.4 Å². The molecule has 2 heterocycles. The van der Waals surface area contributed by atoms with Crippen LogP contribution < -0.4 is 24.3 Å². The Morgan fingerprint density at radius 1 is 0.700 bits per heavy atom. The summed E-state index contributed by atoms with van der Waals surface area (Å²) in [6, 6.07) is 7.31. The summed E-state index contributed by atoms with van der Waals surface area (Å²) in [6.45, 7) is 26.2. The number of rotatable bonds is 18. The molecule has 16 nitrogen and oxygen atoms in total. The summed E-state index contributed by atoms with van der Waals surface area (Å²) >= 11 is 11.3. The van der Waals surface area contributed by atoms with E-state index in [-0.39, 0.29) is 48.2 Å². The van der Waals surface area contributed by atoms with E-state index in [9.17, 15) is 19.2 Å². The lowest BCUT2D eigenvalue weighted by atomic mass is 9.99. The van der Waals surface area contributed by atoms with Crippen molar-refractivity contribution >= 4 is 46.5 Å². The molecule has 2 aromatic carbocycles. The van der Waals surface area contributed by atoms with Crippen molar-refractivity contribution in [2.24, 2.45) is 0 Å². The maximum atomic E-state index is 13.8. The lowest BCUT2D eigenvalue weighted by molar-refractivity contribution is 0.00747. The van der Waals surface area contributed by atoms with Crippen molar-refractivity contribution < 1.29 is 57.1 Å². The smallest absolute Gasteiger partial charge is 0.410 e. The summed E-state index contributed by atoms with van der Waals surface area (Å²) in [4.78, 5) is 55.0. The molecule has 2 saturated heterocycles. The zero-order chi connectivity index (χ0) is 52.1. The van der Waals surface area contributed by atoms with Crippen LogP contribution in [0, 0.1) is 6.92 Å². The van der Waals surface area contributed by atoms with Gasteiger partial charge in [-0.05, 0) is 123 Å². The Morgan fingerprint density at radius 3 is 1.61 bits per heavy atom. The molecule has 0 bridgehead atoms. The van der Waals surface area contributed by atoms with Crippen LogP contribution in [-0.4, -0.2) is 154 Å². The molecule has 0 unspecified atom stereocenters. The lowest BCUT2D eigenvalue weighted by Crippen LogP contribution is -2.54. The maximum absolute atomic E-state index is 13.8. The number of piperidine rings is 2. The molecule has 0 radical (unpaired) electrons. The SMILES string of the molecule is C.CC(C)N[C@@H]1CCCN(C(=O)OC(C)(C)C)C1.COCCCOc1cc(C(=O)Cl)c(Cl)cc1OC.COCCCOc1cc(C(=O)N(C(C)C)[C@@H]2CCCN(C(=O)OC(C)(C)C)C2)c(C)cc1OC. The first-order chi connectivity index (χ1) is 32.4. The number of ether oxygens (including phenoxy) is 8. The quantitative estimate of drug-likeness (QED) is 0.111. The predicted octanol–water partition coefficient (Wildman–Crippen LogP) is 10.8. The molecule has 2 aliphatic heterocycles. The van der Waals surface area contributed by atoms with E-state index in [4.69, 9.17) is 61.1 Å². The molecule has 400 valence electrons. The minimum Gasteiger partial charge on any atom is -0.493 e. The zero-order valence-corrected chi connectivity index (χ0v) is 45.5. The third kappa shape index (κ3) is 22.5. The first-order valence-corrected chi connectivity index (χ1v) is 24.7. The fourth-order valence-electron chi connectivity index (χ4n) is 7.61. The van der Waals surface area contributed by atoms with E-state index >= 15 is 0 Å². The molecule has 0 spiro atoms. The van der Waals surface area contributed by atoms with E-state index in [0.29, 0.717) is 80.2 Å². The number of likely N-dealkylation sites (tertiary alicyclic amines) is 2. The van der Waals surface area contributed by atoms with Gasteiger partial charge in [-0.1, -0.05) is 32.9 Å². The largest absolute Gasteiger partial charge is 0.493 e. The molecular formula is C52H86Cl2N4O12. The molecule has 18 heteroatoms.